The van der Waals surface area contributed by atoms with Crippen molar-refractivity contribution in [3.63, 3.8) is 0 Å². The van der Waals surface area contributed by atoms with Gasteiger partial charge < -0.3 is 14.4 Å². The summed E-state index contributed by atoms with van der Waals surface area (Å²) in [6.45, 7) is 4.63. The Morgan fingerprint density at radius 2 is 2.24 bits per heavy atom. The van der Waals surface area contributed by atoms with Gasteiger partial charge in [0.1, 0.15) is 17.6 Å². The summed E-state index contributed by atoms with van der Waals surface area (Å²) in [5, 5.41) is 0.480. The Hall–Kier alpha value is -0.910. The lowest BCUT2D eigenvalue weighted by atomic mass is 9.90. The van der Waals surface area contributed by atoms with E-state index in [1.165, 1.54) is 12.8 Å². The number of aromatic nitrogens is 2. The summed E-state index contributed by atoms with van der Waals surface area (Å²) in [6.07, 6.45) is 5.15. The monoisotopic (exact) mass is 311 g/mol. The quantitative estimate of drug-likeness (QED) is 0.800. The van der Waals surface area contributed by atoms with E-state index in [1.807, 2.05) is 13.0 Å². The van der Waals surface area contributed by atoms with E-state index in [2.05, 4.69) is 14.9 Å². The highest BCUT2D eigenvalue weighted by atomic mass is 35.5. The molecule has 3 rings (SSSR count). The number of anilines is 1. The molecule has 0 N–H and O–H groups in total. The highest BCUT2D eigenvalue weighted by Gasteiger charge is 2.35. The van der Waals surface area contributed by atoms with Crippen LogP contribution in [0.3, 0.4) is 0 Å². The average Bonchev–Trinajstić information content (AvgIpc) is 2.52. The van der Waals surface area contributed by atoms with Gasteiger partial charge in [0.05, 0.1) is 18.8 Å². The molecule has 0 radical (unpaired) electrons. The summed E-state index contributed by atoms with van der Waals surface area (Å²) in [4.78, 5) is 11.2. The van der Waals surface area contributed by atoms with Gasteiger partial charge in [-0.1, -0.05) is 24.4 Å². The first-order chi connectivity index (χ1) is 10.3. The van der Waals surface area contributed by atoms with Crippen LogP contribution in [-0.2, 0) is 16.1 Å². The van der Waals surface area contributed by atoms with E-state index in [-0.39, 0.29) is 0 Å². The van der Waals surface area contributed by atoms with Crippen LogP contribution < -0.4 is 4.90 Å². The van der Waals surface area contributed by atoms with E-state index in [4.69, 9.17) is 21.1 Å². The normalized spacial score (nSPS) is 25.7. The molecule has 116 valence electrons. The number of hydrogen-bond acceptors (Lipinski definition) is 5. The van der Waals surface area contributed by atoms with Crippen LogP contribution in [0.2, 0.25) is 5.15 Å². The minimum atomic E-state index is 0.330. The van der Waals surface area contributed by atoms with Crippen LogP contribution >= 0.6 is 11.6 Å². The second kappa shape index (κ2) is 6.90. The van der Waals surface area contributed by atoms with Crippen LogP contribution in [0.1, 0.15) is 38.4 Å². The van der Waals surface area contributed by atoms with Gasteiger partial charge in [-0.3, -0.25) is 0 Å². The predicted octanol–water partition coefficient (Wildman–Crippen LogP) is 2.81. The Bertz CT molecular complexity index is 484. The van der Waals surface area contributed by atoms with E-state index in [9.17, 15) is 0 Å². The molecule has 2 unspecified atom stereocenters. The predicted molar refractivity (Wildman–Crippen MR) is 81.7 cm³/mol. The van der Waals surface area contributed by atoms with Gasteiger partial charge in [-0.05, 0) is 19.8 Å². The minimum Gasteiger partial charge on any atom is -0.374 e. The third-order valence-electron chi connectivity index (χ3n) is 4.19. The van der Waals surface area contributed by atoms with E-state index in [0.29, 0.717) is 36.3 Å². The Balaban J connectivity index is 1.82. The van der Waals surface area contributed by atoms with Crippen molar-refractivity contribution in [1.29, 1.82) is 0 Å². The summed E-state index contributed by atoms with van der Waals surface area (Å²) in [5.41, 5.74) is 0. The van der Waals surface area contributed by atoms with E-state index >= 15 is 0 Å². The topological polar surface area (TPSA) is 47.5 Å². The summed E-state index contributed by atoms with van der Waals surface area (Å²) < 4.78 is 11.3. The Morgan fingerprint density at radius 1 is 1.38 bits per heavy atom. The van der Waals surface area contributed by atoms with Crippen molar-refractivity contribution in [3.8, 4) is 0 Å². The number of nitrogens with zero attached hydrogens (tertiary/aromatic N) is 3. The standard InChI is InChI=1S/C15H22ClN3O2/c1-2-20-10-14-17-13(16)9-15(18-14)19-7-8-21-12-6-4-3-5-11(12)19/h9,11-12H,2-8,10H2,1H3. The Kier molecular flexibility index (Phi) is 4.93. The van der Waals surface area contributed by atoms with Crippen molar-refractivity contribution in [2.45, 2.75) is 51.4 Å². The maximum absolute atomic E-state index is 6.16. The molecule has 1 saturated carbocycles. The molecule has 2 fully saturated rings. The second-order valence-corrected chi connectivity index (χ2v) is 5.94. The number of rotatable bonds is 4. The van der Waals surface area contributed by atoms with E-state index in [1.54, 1.807) is 0 Å². The van der Waals surface area contributed by atoms with Gasteiger partial charge in [0, 0.05) is 19.2 Å². The first-order valence-electron chi connectivity index (χ1n) is 7.77. The van der Waals surface area contributed by atoms with E-state index in [0.717, 1.165) is 31.8 Å². The molecule has 2 atom stereocenters. The molecular weight excluding hydrogens is 290 g/mol. The fourth-order valence-corrected chi connectivity index (χ4v) is 3.43. The smallest absolute Gasteiger partial charge is 0.158 e. The minimum absolute atomic E-state index is 0.330. The lowest BCUT2D eigenvalue weighted by Crippen LogP contribution is -2.53. The summed E-state index contributed by atoms with van der Waals surface area (Å²) in [6, 6.07) is 2.27. The van der Waals surface area contributed by atoms with Crippen LogP contribution in [0.15, 0.2) is 6.07 Å². The highest BCUT2D eigenvalue weighted by Crippen LogP contribution is 2.31. The maximum Gasteiger partial charge on any atom is 0.158 e. The fourth-order valence-electron chi connectivity index (χ4n) is 3.24. The van der Waals surface area contributed by atoms with Gasteiger partial charge in [0.2, 0.25) is 0 Å². The van der Waals surface area contributed by atoms with Gasteiger partial charge >= 0.3 is 0 Å². The summed E-state index contributed by atoms with van der Waals surface area (Å²) in [7, 11) is 0. The van der Waals surface area contributed by atoms with Crippen molar-refractivity contribution in [1.82, 2.24) is 9.97 Å². The lowest BCUT2D eigenvalue weighted by molar-refractivity contribution is -0.00903. The first-order valence-corrected chi connectivity index (χ1v) is 8.15. The van der Waals surface area contributed by atoms with E-state index < -0.39 is 0 Å². The third kappa shape index (κ3) is 3.47. The molecule has 1 aromatic heterocycles. The van der Waals surface area contributed by atoms with Crippen molar-refractivity contribution in [2.24, 2.45) is 0 Å². The van der Waals surface area contributed by atoms with Gasteiger partial charge in [-0.15, -0.1) is 0 Å². The van der Waals surface area contributed by atoms with Crippen molar-refractivity contribution in [2.75, 3.05) is 24.7 Å². The van der Waals surface area contributed by atoms with Crippen LogP contribution in [0.25, 0.3) is 0 Å². The zero-order chi connectivity index (χ0) is 14.7. The van der Waals surface area contributed by atoms with Crippen LogP contribution in [0, 0.1) is 0 Å². The molecule has 0 aromatic carbocycles. The van der Waals surface area contributed by atoms with Gasteiger partial charge in [-0.2, -0.15) is 0 Å². The zero-order valence-electron chi connectivity index (χ0n) is 12.4. The molecule has 1 saturated heterocycles. The summed E-state index contributed by atoms with van der Waals surface area (Å²) >= 11 is 6.16. The molecule has 1 aliphatic carbocycles. The second-order valence-electron chi connectivity index (χ2n) is 5.56. The van der Waals surface area contributed by atoms with Gasteiger partial charge in [0.15, 0.2) is 5.82 Å². The Morgan fingerprint density at radius 3 is 3.10 bits per heavy atom. The number of halogens is 1. The number of morpholine rings is 1. The number of fused-ring (bicyclic) bond motifs is 1. The largest absolute Gasteiger partial charge is 0.374 e. The van der Waals surface area contributed by atoms with Gasteiger partial charge in [-0.25, -0.2) is 9.97 Å². The highest BCUT2D eigenvalue weighted by molar-refractivity contribution is 6.29. The lowest BCUT2D eigenvalue weighted by Gasteiger charge is -2.44. The third-order valence-corrected chi connectivity index (χ3v) is 4.38. The Labute approximate surface area is 130 Å². The number of hydrogen-bond donors (Lipinski definition) is 0. The molecule has 21 heavy (non-hydrogen) atoms. The van der Waals surface area contributed by atoms with Crippen LogP contribution in [0.4, 0.5) is 5.82 Å². The molecule has 6 heteroatoms. The average molecular weight is 312 g/mol. The molecule has 2 heterocycles. The molecular formula is C15H22ClN3O2. The maximum atomic E-state index is 6.16. The molecule has 0 spiro atoms. The molecule has 0 amide bonds. The van der Waals surface area contributed by atoms with Crippen LogP contribution in [0.5, 0.6) is 0 Å². The van der Waals surface area contributed by atoms with Crippen molar-refractivity contribution >= 4 is 17.4 Å². The molecule has 1 aromatic rings. The van der Waals surface area contributed by atoms with Crippen molar-refractivity contribution < 1.29 is 9.47 Å². The first kappa shape index (κ1) is 15.0. The van der Waals surface area contributed by atoms with Crippen molar-refractivity contribution in [3.05, 3.63) is 17.0 Å². The molecule has 1 aliphatic heterocycles. The SMILES string of the molecule is CCOCc1nc(Cl)cc(N2CCOC3CCCCC32)n1. The number of ether oxygens (including phenoxy) is 2. The molecule has 2 aliphatic rings. The fraction of sp³-hybridized carbons (Fsp3) is 0.733. The summed E-state index contributed by atoms with van der Waals surface area (Å²) in [5.74, 6) is 1.56. The molecule has 5 nitrogen and oxygen atoms in total. The van der Waals surface area contributed by atoms with Crippen LogP contribution in [-0.4, -0.2) is 41.9 Å². The molecule has 0 bridgehead atoms. The zero-order valence-corrected chi connectivity index (χ0v) is 13.2. The van der Waals surface area contributed by atoms with Gasteiger partial charge in [0.25, 0.3) is 0 Å².